The third-order valence-corrected chi connectivity index (χ3v) is 3.34. The molecule has 2 aromatic carbocycles. The van der Waals surface area contributed by atoms with E-state index in [2.05, 4.69) is 6.58 Å². The van der Waals surface area contributed by atoms with E-state index in [1.165, 1.54) is 0 Å². The Morgan fingerprint density at radius 1 is 0.909 bits per heavy atom. The van der Waals surface area contributed by atoms with Crippen LogP contribution in [0.1, 0.15) is 28.4 Å². The molecule has 0 unspecified atom stereocenters. The van der Waals surface area contributed by atoms with Crippen molar-refractivity contribution < 1.29 is 14.7 Å². The lowest BCUT2D eigenvalue weighted by molar-refractivity contribution is -0.131. The summed E-state index contributed by atoms with van der Waals surface area (Å²) in [5.41, 5.74) is 3.16. The number of rotatable bonds is 5. The number of carbonyl (C=O) groups is 2. The highest BCUT2D eigenvalue weighted by atomic mass is 16.4. The van der Waals surface area contributed by atoms with E-state index in [9.17, 15) is 9.59 Å². The van der Waals surface area contributed by atoms with Crippen molar-refractivity contribution in [2.24, 2.45) is 0 Å². The van der Waals surface area contributed by atoms with E-state index < -0.39 is 5.97 Å². The first-order valence-corrected chi connectivity index (χ1v) is 6.79. The number of carbonyl (C=O) groups excluding carboxylic acids is 1. The van der Waals surface area contributed by atoms with Crippen LogP contribution >= 0.6 is 0 Å². The first-order valence-electron chi connectivity index (χ1n) is 6.79. The molecule has 110 valence electrons. The van der Waals surface area contributed by atoms with E-state index in [1.807, 2.05) is 30.3 Å². The molecule has 1 N–H and O–H groups in total. The molecule has 0 amide bonds. The minimum Gasteiger partial charge on any atom is -0.478 e. The zero-order valence-electron chi connectivity index (χ0n) is 12.2. The van der Waals surface area contributed by atoms with Crippen LogP contribution in [-0.4, -0.2) is 16.9 Å². The smallest absolute Gasteiger partial charge is 0.328 e. The van der Waals surface area contributed by atoms with Crippen LogP contribution in [0.25, 0.3) is 11.1 Å². The van der Waals surface area contributed by atoms with Crippen molar-refractivity contribution in [1.82, 2.24) is 0 Å². The van der Waals surface area contributed by atoms with Gasteiger partial charge in [0.25, 0.3) is 0 Å². The Kier molecular flexibility index (Phi) is 4.69. The third-order valence-electron chi connectivity index (χ3n) is 3.34. The predicted molar refractivity (Wildman–Crippen MR) is 87.5 cm³/mol. The zero-order chi connectivity index (χ0) is 16.1. The third kappa shape index (κ3) is 3.58. The Labute approximate surface area is 129 Å². The lowest BCUT2D eigenvalue weighted by Gasteiger charge is -2.06. The molecule has 3 nitrogen and oxygen atoms in total. The Morgan fingerprint density at radius 2 is 1.45 bits per heavy atom. The fourth-order valence-electron chi connectivity index (χ4n) is 2.10. The average molecular weight is 292 g/mol. The van der Waals surface area contributed by atoms with Crippen LogP contribution in [-0.2, 0) is 4.79 Å². The number of aliphatic carboxylic acids is 1. The van der Waals surface area contributed by atoms with Gasteiger partial charge in [-0.25, -0.2) is 4.79 Å². The van der Waals surface area contributed by atoms with Gasteiger partial charge in [0.2, 0.25) is 0 Å². The molecule has 0 heterocycles. The molecule has 0 aromatic heterocycles. The molecule has 0 aliphatic heterocycles. The first-order chi connectivity index (χ1) is 10.5. The van der Waals surface area contributed by atoms with Gasteiger partial charge in [-0.3, -0.25) is 4.79 Å². The molecule has 0 bridgehead atoms. The monoisotopic (exact) mass is 292 g/mol. The number of hydrogen-bond donors (Lipinski definition) is 1. The van der Waals surface area contributed by atoms with E-state index in [-0.39, 0.29) is 5.78 Å². The zero-order valence-corrected chi connectivity index (χ0v) is 12.2. The lowest BCUT2D eigenvalue weighted by Crippen LogP contribution is -2.01. The standard InChI is InChI=1S/C19H16O3/c1-13(12-18(20)21)15-8-10-17(11-9-15)19(22)14(2)16-6-4-3-5-7-16/h3-12H,2H2,1H3,(H,20,21)/b13-12+. The topological polar surface area (TPSA) is 54.4 Å². The van der Waals surface area contributed by atoms with Crippen LogP contribution < -0.4 is 0 Å². The SMILES string of the molecule is C=C(C(=O)c1ccc(/C(C)=C/C(=O)O)cc1)c1ccccc1. The molecule has 0 radical (unpaired) electrons. The van der Waals surface area contributed by atoms with Gasteiger partial charge < -0.3 is 5.11 Å². The van der Waals surface area contributed by atoms with Gasteiger partial charge in [0.05, 0.1) is 0 Å². The number of carboxylic acids is 1. The van der Waals surface area contributed by atoms with Gasteiger partial charge in [0, 0.05) is 17.2 Å². The summed E-state index contributed by atoms with van der Waals surface area (Å²) < 4.78 is 0. The number of benzene rings is 2. The largest absolute Gasteiger partial charge is 0.478 e. The molecule has 22 heavy (non-hydrogen) atoms. The van der Waals surface area contributed by atoms with Gasteiger partial charge in [0.15, 0.2) is 5.78 Å². The molecule has 0 atom stereocenters. The summed E-state index contributed by atoms with van der Waals surface area (Å²) in [5.74, 6) is -1.13. The summed E-state index contributed by atoms with van der Waals surface area (Å²) in [4.78, 5) is 23.1. The van der Waals surface area contributed by atoms with Crippen molar-refractivity contribution in [1.29, 1.82) is 0 Å². The first kappa shape index (κ1) is 15.4. The fraction of sp³-hybridized carbons (Fsp3) is 0.0526. The average Bonchev–Trinajstić information content (AvgIpc) is 2.54. The van der Waals surface area contributed by atoms with Gasteiger partial charge in [-0.1, -0.05) is 61.2 Å². The Morgan fingerprint density at radius 3 is 2.00 bits per heavy atom. The minimum absolute atomic E-state index is 0.141. The molecule has 0 aliphatic rings. The normalized spacial score (nSPS) is 11.0. The number of carboxylic acid groups (broad SMARTS) is 1. The maximum absolute atomic E-state index is 12.4. The summed E-state index contributed by atoms with van der Waals surface area (Å²) in [5, 5.41) is 8.74. The molecule has 0 spiro atoms. The highest BCUT2D eigenvalue weighted by Gasteiger charge is 2.12. The molecule has 3 heteroatoms. The Hall–Kier alpha value is -2.94. The number of allylic oxidation sites excluding steroid dienone is 2. The van der Waals surface area contributed by atoms with Crippen LogP contribution in [0.5, 0.6) is 0 Å². The van der Waals surface area contributed by atoms with Crippen molar-refractivity contribution in [3.8, 4) is 0 Å². The molecular weight excluding hydrogens is 276 g/mol. The van der Waals surface area contributed by atoms with Gasteiger partial charge in [-0.15, -0.1) is 0 Å². The molecule has 2 aromatic rings. The minimum atomic E-state index is -0.991. The second-order valence-corrected chi connectivity index (χ2v) is 4.92. The summed E-state index contributed by atoms with van der Waals surface area (Å²) in [6.07, 6.45) is 1.14. The fourth-order valence-corrected chi connectivity index (χ4v) is 2.10. The Balaban J connectivity index is 2.22. The molecular formula is C19H16O3. The van der Waals surface area contributed by atoms with Crippen molar-refractivity contribution in [2.45, 2.75) is 6.92 Å². The van der Waals surface area contributed by atoms with Gasteiger partial charge in [-0.2, -0.15) is 0 Å². The van der Waals surface area contributed by atoms with E-state index in [0.29, 0.717) is 16.7 Å². The number of ketones is 1. The summed E-state index contributed by atoms with van der Waals surface area (Å²) >= 11 is 0. The van der Waals surface area contributed by atoms with E-state index in [1.54, 1.807) is 31.2 Å². The van der Waals surface area contributed by atoms with Crippen molar-refractivity contribution in [2.75, 3.05) is 0 Å². The van der Waals surface area contributed by atoms with Crippen LogP contribution in [0.15, 0.2) is 67.3 Å². The maximum Gasteiger partial charge on any atom is 0.328 e. The van der Waals surface area contributed by atoms with E-state index >= 15 is 0 Å². The van der Waals surface area contributed by atoms with Gasteiger partial charge in [-0.05, 0) is 23.6 Å². The van der Waals surface area contributed by atoms with Gasteiger partial charge >= 0.3 is 5.97 Å². The van der Waals surface area contributed by atoms with E-state index in [0.717, 1.165) is 17.2 Å². The second-order valence-electron chi connectivity index (χ2n) is 4.92. The van der Waals surface area contributed by atoms with Crippen molar-refractivity contribution >= 4 is 22.9 Å². The lowest BCUT2D eigenvalue weighted by atomic mass is 9.96. The summed E-state index contributed by atoms with van der Waals surface area (Å²) in [6, 6.07) is 16.1. The van der Waals surface area contributed by atoms with E-state index in [4.69, 9.17) is 5.11 Å². The Bertz CT molecular complexity index is 738. The summed E-state index contributed by atoms with van der Waals surface area (Å²) in [6.45, 7) is 5.58. The summed E-state index contributed by atoms with van der Waals surface area (Å²) in [7, 11) is 0. The van der Waals surface area contributed by atoms with Crippen LogP contribution in [0.4, 0.5) is 0 Å². The van der Waals surface area contributed by atoms with Crippen LogP contribution in [0.3, 0.4) is 0 Å². The van der Waals surface area contributed by atoms with Crippen LogP contribution in [0, 0.1) is 0 Å². The highest BCUT2D eigenvalue weighted by molar-refractivity contribution is 6.28. The van der Waals surface area contributed by atoms with Crippen molar-refractivity contribution in [3.63, 3.8) is 0 Å². The maximum atomic E-state index is 12.4. The van der Waals surface area contributed by atoms with Gasteiger partial charge in [0.1, 0.15) is 0 Å². The predicted octanol–water partition coefficient (Wildman–Crippen LogP) is 4.07. The van der Waals surface area contributed by atoms with Crippen LogP contribution in [0.2, 0.25) is 0 Å². The molecule has 0 saturated heterocycles. The molecule has 2 rings (SSSR count). The molecule has 0 saturated carbocycles. The van der Waals surface area contributed by atoms with Crippen molar-refractivity contribution in [3.05, 3.63) is 83.9 Å². The molecule has 0 aliphatic carbocycles. The second kappa shape index (κ2) is 6.68. The highest BCUT2D eigenvalue weighted by Crippen LogP contribution is 2.20. The molecule has 0 fully saturated rings. The quantitative estimate of drug-likeness (QED) is 0.667. The number of Topliss-reactive ketones (excluding diaryl/α,β-unsaturated/α-hetero) is 1. The number of hydrogen-bond acceptors (Lipinski definition) is 2.